The minimum absolute atomic E-state index is 0.0455. The van der Waals surface area contributed by atoms with Crippen molar-refractivity contribution in [3.05, 3.63) is 119 Å². The SMILES string of the molecule is Cc1nn(Cc2ccccc2)c(C)c1CNC(=O)c1cccc(S(=O)(=O)NCc2ccccc2)c1. The molecule has 1 amide bonds. The maximum Gasteiger partial charge on any atom is 0.251 e. The highest BCUT2D eigenvalue weighted by Gasteiger charge is 2.17. The molecule has 0 bridgehead atoms. The van der Waals surface area contributed by atoms with Gasteiger partial charge in [-0.05, 0) is 43.2 Å². The molecule has 0 saturated heterocycles. The van der Waals surface area contributed by atoms with Crippen LogP contribution in [0.3, 0.4) is 0 Å². The summed E-state index contributed by atoms with van der Waals surface area (Å²) in [5.41, 5.74) is 5.05. The Kier molecular flexibility index (Phi) is 7.43. The number of carbonyl (C=O) groups excluding carboxylic acids is 1. The fraction of sp³-hybridized carbons (Fsp3) is 0.185. The number of carbonyl (C=O) groups is 1. The van der Waals surface area contributed by atoms with Crippen LogP contribution in [0, 0.1) is 13.8 Å². The van der Waals surface area contributed by atoms with E-state index in [0.29, 0.717) is 13.1 Å². The van der Waals surface area contributed by atoms with Crippen molar-refractivity contribution in [3.8, 4) is 0 Å². The summed E-state index contributed by atoms with van der Waals surface area (Å²) in [6, 6.07) is 25.4. The lowest BCUT2D eigenvalue weighted by atomic mass is 10.1. The van der Waals surface area contributed by atoms with Crippen molar-refractivity contribution in [1.82, 2.24) is 19.8 Å². The highest BCUT2D eigenvalue weighted by atomic mass is 32.2. The molecule has 0 spiro atoms. The number of hydrogen-bond donors (Lipinski definition) is 2. The van der Waals surface area contributed by atoms with Gasteiger partial charge in [0.15, 0.2) is 0 Å². The molecule has 7 nitrogen and oxygen atoms in total. The molecule has 0 fully saturated rings. The number of hydrogen-bond acceptors (Lipinski definition) is 4. The first-order chi connectivity index (χ1) is 16.8. The lowest BCUT2D eigenvalue weighted by molar-refractivity contribution is 0.0950. The Morgan fingerprint density at radius 2 is 1.51 bits per heavy atom. The molecule has 4 rings (SSSR count). The molecule has 0 atom stereocenters. The van der Waals surface area contributed by atoms with Gasteiger partial charge in [-0.25, -0.2) is 13.1 Å². The Morgan fingerprint density at radius 3 is 2.20 bits per heavy atom. The smallest absolute Gasteiger partial charge is 0.251 e. The van der Waals surface area contributed by atoms with E-state index in [-0.39, 0.29) is 22.9 Å². The van der Waals surface area contributed by atoms with Gasteiger partial charge in [0, 0.05) is 29.9 Å². The van der Waals surface area contributed by atoms with Gasteiger partial charge in [0.1, 0.15) is 0 Å². The fourth-order valence-electron chi connectivity index (χ4n) is 3.83. The minimum Gasteiger partial charge on any atom is -0.348 e. The van der Waals surface area contributed by atoms with Crippen LogP contribution in [-0.4, -0.2) is 24.1 Å². The molecule has 8 heteroatoms. The highest BCUT2D eigenvalue weighted by molar-refractivity contribution is 7.89. The number of nitrogens with zero attached hydrogens (tertiary/aromatic N) is 2. The molecule has 0 unspecified atom stereocenters. The van der Waals surface area contributed by atoms with Crippen LogP contribution in [-0.2, 0) is 29.7 Å². The van der Waals surface area contributed by atoms with Gasteiger partial charge in [-0.3, -0.25) is 9.48 Å². The highest BCUT2D eigenvalue weighted by Crippen LogP contribution is 2.16. The van der Waals surface area contributed by atoms with Crippen LogP contribution in [0.25, 0.3) is 0 Å². The number of rotatable bonds is 9. The molecule has 0 aliphatic carbocycles. The summed E-state index contributed by atoms with van der Waals surface area (Å²) in [6.07, 6.45) is 0. The van der Waals surface area contributed by atoms with Crippen LogP contribution in [0.2, 0.25) is 0 Å². The van der Waals surface area contributed by atoms with E-state index < -0.39 is 10.0 Å². The van der Waals surface area contributed by atoms with Crippen LogP contribution in [0.4, 0.5) is 0 Å². The van der Waals surface area contributed by atoms with E-state index in [1.54, 1.807) is 12.1 Å². The van der Waals surface area contributed by atoms with E-state index in [1.807, 2.05) is 79.2 Å². The molecule has 4 aromatic rings. The van der Waals surface area contributed by atoms with Gasteiger partial charge in [0.05, 0.1) is 17.1 Å². The van der Waals surface area contributed by atoms with E-state index in [0.717, 1.165) is 28.1 Å². The summed E-state index contributed by atoms with van der Waals surface area (Å²) in [4.78, 5) is 12.9. The van der Waals surface area contributed by atoms with Crippen molar-refractivity contribution in [1.29, 1.82) is 0 Å². The van der Waals surface area contributed by atoms with Crippen molar-refractivity contribution in [2.75, 3.05) is 0 Å². The van der Waals surface area contributed by atoms with Gasteiger partial charge < -0.3 is 5.32 Å². The summed E-state index contributed by atoms with van der Waals surface area (Å²) in [6.45, 7) is 5.02. The number of aromatic nitrogens is 2. The summed E-state index contributed by atoms with van der Waals surface area (Å²) in [7, 11) is -3.76. The molecule has 0 radical (unpaired) electrons. The van der Waals surface area contributed by atoms with Crippen molar-refractivity contribution < 1.29 is 13.2 Å². The van der Waals surface area contributed by atoms with Gasteiger partial charge in [0.25, 0.3) is 5.91 Å². The maximum absolute atomic E-state index is 12.8. The Morgan fingerprint density at radius 1 is 0.857 bits per heavy atom. The zero-order valence-corrected chi connectivity index (χ0v) is 20.5. The third kappa shape index (κ3) is 6.03. The molecular formula is C27H28N4O3S. The third-order valence-corrected chi connectivity index (χ3v) is 7.25. The molecule has 0 saturated carbocycles. The van der Waals surface area contributed by atoms with Crippen molar-refractivity contribution >= 4 is 15.9 Å². The van der Waals surface area contributed by atoms with Crippen LogP contribution in [0.5, 0.6) is 0 Å². The number of amides is 1. The van der Waals surface area contributed by atoms with Crippen molar-refractivity contribution in [2.24, 2.45) is 0 Å². The second kappa shape index (κ2) is 10.7. The summed E-state index contributed by atoms with van der Waals surface area (Å²) in [5.74, 6) is -0.347. The van der Waals surface area contributed by atoms with Gasteiger partial charge >= 0.3 is 0 Å². The maximum atomic E-state index is 12.8. The van der Waals surface area contributed by atoms with Crippen molar-refractivity contribution in [3.63, 3.8) is 0 Å². The predicted molar refractivity (Wildman–Crippen MR) is 135 cm³/mol. The summed E-state index contributed by atoms with van der Waals surface area (Å²) >= 11 is 0. The lowest BCUT2D eigenvalue weighted by Gasteiger charge is -2.10. The second-order valence-electron chi connectivity index (χ2n) is 8.31. The largest absolute Gasteiger partial charge is 0.348 e. The molecule has 3 aromatic carbocycles. The van der Waals surface area contributed by atoms with Gasteiger partial charge in [0.2, 0.25) is 10.0 Å². The van der Waals surface area contributed by atoms with Crippen LogP contribution in [0.1, 0.15) is 38.4 Å². The van der Waals surface area contributed by atoms with Crippen molar-refractivity contribution in [2.45, 2.75) is 38.4 Å². The molecule has 1 heterocycles. The standard InChI is InChI=1S/C27H28N4O3S/c1-20-26(21(2)31(30-20)19-23-12-7-4-8-13-23)18-28-27(32)24-14-9-15-25(16-24)35(33,34)29-17-22-10-5-3-6-11-22/h3-16,29H,17-19H2,1-2H3,(H,28,32). The monoisotopic (exact) mass is 488 g/mol. The Balaban J connectivity index is 1.42. The first-order valence-corrected chi connectivity index (χ1v) is 12.8. The first kappa shape index (κ1) is 24.4. The average Bonchev–Trinajstić information content (AvgIpc) is 3.14. The summed E-state index contributed by atoms with van der Waals surface area (Å²) < 4.78 is 30.0. The molecule has 180 valence electrons. The van der Waals surface area contributed by atoms with Gasteiger partial charge in [-0.15, -0.1) is 0 Å². The number of benzene rings is 3. The molecule has 2 N–H and O–H groups in total. The summed E-state index contributed by atoms with van der Waals surface area (Å²) in [5, 5.41) is 7.53. The molecule has 0 aliphatic rings. The molecular weight excluding hydrogens is 460 g/mol. The topological polar surface area (TPSA) is 93.1 Å². The normalized spacial score (nSPS) is 11.4. The van der Waals surface area contributed by atoms with Gasteiger partial charge in [-0.2, -0.15) is 5.10 Å². The zero-order chi connectivity index (χ0) is 24.8. The average molecular weight is 489 g/mol. The lowest BCUT2D eigenvalue weighted by Crippen LogP contribution is -2.25. The van der Waals surface area contributed by atoms with E-state index in [9.17, 15) is 13.2 Å². The van der Waals surface area contributed by atoms with Crippen LogP contribution < -0.4 is 10.0 Å². The van der Waals surface area contributed by atoms with E-state index >= 15 is 0 Å². The number of aryl methyl sites for hydroxylation is 1. The Bertz CT molecular complexity index is 1420. The number of sulfonamides is 1. The predicted octanol–water partition coefficient (Wildman–Crippen LogP) is 3.96. The van der Waals surface area contributed by atoms with E-state index in [4.69, 9.17) is 0 Å². The van der Waals surface area contributed by atoms with Gasteiger partial charge in [-0.1, -0.05) is 66.7 Å². The first-order valence-electron chi connectivity index (χ1n) is 11.3. The minimum atomic E-state index is -3.76. The fourth-order valence-corrected chi connectivity index (χ4v) is 4.90. The van der Waals surface area contributed by atoms with E-state index in [2.05, 4.69) is 15.1 Å². The zero-order valence-electron chi connectivity index (χ0n) is 19.7. The number of nitrogens with one attached hydrogen (secondary N) is 2. The van der Waals surface area contributed by atoms with Crippen LogP contribution in [0.15, 0.2) is 89.8 Å². The molecule has 0 aliphatic heterocycles. The Labute approximate surface area is 205 Å². The second-order valence-corrected chi connectivity index (χ2v) is 10.1. The quantitative estimate of drug-likeness (QED) is 0.373. The molecule has 35 heavy (non-hydrogen) atoms. The van der Waals surface area contributed by atoms with E-state index in [1.165, 1.54) is 12.1 Å². The third-order valence-electron chi connectivity index (χ3n) is 5.85. The molecule has 1 aromatic heterocycles. The Hall–Kier alpha value is -3.75. The van der Waals surface area contributed by atoms with Crippen LogP contribution >= 0.6 is 0 Å².